The van der Waals surface area contributed by atoms with Crippen LogP contribution in [0.2, 0.25) is 0 Å². The maximum atomic E-state index is 12.9. The molecule has 24 heavy (non-hydrogen) atoms. The fourth-order valence-electron chi connectivity index (χ4n) is 2.43. The molecular weight excluding hydrogens is 426 g/mol. The van der Waals surface area contributed by atoms with E-state index in [0.29, 0.717) is 39.3 Å². The Bertz CT molecular complexity index is 546. The summed E-state index contributed by atoms with van der Waals surface area (Å²) in [6.45, 7) is 5.37. The molecule has 0 spiro atoms. The summed E-state index contributed by atoms with van der Waals surface area (Å²) < 4.78 is 17.9. The van der Waals surface area contributed by atoms with Crippen molar-refractivity contribution in [3.63, 3.8) is 0 Å². The number of rotatable bonds is 3. The number of carbonyl (C=O) groups excluding carboxylic acids is 1. The first-order valence-corrected chi connectivity index (χ1v) is 7.75. The van der Waals surface area contributed by atoms with Gasteiger partial charge >= 0.3 is 6.09 Å². The van der Waals surface area contributed by atoms with E-state index in [1.54, 1.807) is 31.0 Å². The highest BCUT2D eigenvalue weighted by atomic mass is 127. The standard InChI is InChI=1S/C16H23FN4O2.HI/c1-3-23-16(22)21-10-8-20(9-11-21)15(18-2)19-12-13-4-6-14(17)7-5-13;/h4-7H,3,8-12H2,1-2H3,(H,18,19);1H. The average molecular weight is 450 g/mol. The summed E-state index contributed by atoms with van der Waals surface area (Å²) in [5, 5.41) is 3.26. The molecule has 0 aliphatic carbocycles. The Kier molecular flexibility index (Phi) is 8.80. The van der Waals surface area contributed by atoms with Crippen molar-refractivity contribution in [2.24, 2.45) is 4.99 Å². The highest BCUT2D eigenvalue weighted by Gasteiger charge is 2.23. The molecule has 6 nitrogen and oxygen atoms in total. The fraction of sp³-hybridized carbons (Fsp3) is 0.500. The SMILES string of the molecule is CCOC(=O)N1CCN(C(=NC)NCc2ccc(F)cc2)CC1.I. The van der Waals surface area contributed by atoms with E-state index in [9.17, 15) is 9.18 Å². The Morgan fingerprint density at radius 3 is 2.33 bits per heavy atom. The molecule has 8 heteroatoms. The number of hydrogen-bond donors (Lipinski definition) is 1. The smallest absolute Gasteiger partial charge is 0.409 e. The van der Waals surface area contributed by atoms with Gasteiger partial charge in [0.25, 0.3) is 0 Å². The molecule has 0 bridgehead atoms. The van der Waals surface area contributed by atoms with Gasteiger partial charge in [0.15, 0.2) is 5.96 Å². The van der Waals surface area contributed by atoms with Crippen LogP contribution in [0.5, 0.6) is 0 Å². The van der Waals surface area contributed by atoms with E-state index in [2.05, 4.69) is 15.2 Å². The van der Waals surface area contributed by atoms with Gasteiger partial charge in [-0.3, -0.25) is 4.99 Å². The van der Waals surface area contributed by atoms with Crippen molar-refractivity contribution in [3.05, 3.63) is 35.6 Å². The van der Waals surface area contributed by atoms with Gasteiger partial charge < -0.3 is 19.9 Å². The fourth-order valence-corrected chi connectivity index (χ4v) is 2.43. The minimum absolute atomic E-state index is 0. The Balaban J connectivity index is 0.00000288. The van der Waals surface area contributed by atoms with Crippen LogP contribution >= 0.6 is 24.0 Å². The highest BCUT2D eigenvalue weighted by Crippen LogP contribution is 2.06. The van der Waals surface area contributed by atoms with Gasteiger partial charge in [0, 0.05) is 39.8 Å². The van der Waals surface area contributed by atoms with E-state index >= 15 is 0 Å². The third-order valence-electron chi connectivity index (χ3n) is 3.68. The monoisotopic (exact) mass is 450 g/mol. The number of amides is 1. The molecule has 1 fully saturated rings. The lowest BCUT2D eigenvalue weighted by molar-refractivity contribution is 0.0914. The number of halogens is 2. The maximum Gasteiger partial charge on any atom is 0.409 e. The summed E-state index contributed by atoms with van der Waals surface area (Å²) in [7, 11) is 1.73. The van der Waals surface area contributed by atoms with E-state index in [0.717, 1.165) is 11.5 Å². The second-order valence-corrected chi connectivity index (χ2v) is 5.20. The van der Waals surface area contributed by atoms with Gasteiger partial charge in [-0.15, -0.1) is 24.0 Å². The zero-order chi connectivity index (χ0) is 16.7. The molecule has 0 saturated carbocycles. The van der Waals surface area contributed by atoms with Crippen LogP contribution < -0.4 is 5.32 Å². The number of nitrogens with zero attached hydrogens (tertiary/aromatic N) is 3. The van der Waals surface area contributed by atoms with Gasteiger partial charge in [0.1, 0.15) is 5.82 Å². The number of guanidine groups is 1. The Hall–Kier alpha value is -1.58. The second kappa shape index (κ2) is 10.3. The maximum absolute atomic E-state index is 12.9. The van der Waals surface area contributed by atoms with E-state index in [4.69, 9.17) is 4.74 Å². The van der Waals surface area contributed by atoms with Gasteiger partial charge in [-0.05, 0) is 24.6 Å². The molecule has 1 aliphatic heterocycles. The van der Waals surface area contributed by atoms with Crippen molar-refractivity contribution in [3.8, 4) is 0 Å². The van der Waals surface area contributed by atoms with Gasteiger partial charge in [0.05, 0.1) is 6.61 Å². The molecule has 0 radical (unpaired) electrons. The minimum Gasteiger partial charge on any atom is -0.450 e. The molecule has 2 rings (SSSR count). The third-order valence-corrected chi connectivity index (χ3v) is 3.68. The van der Waals surface area contributed by atoms with Crippen molar-refractivity contribution in [1.82, 2.24) is 15.1 Å². The summed E-state index contributed by atoms with van der Waals surface area (Å²) in [6.07, 6.45) is -0.263. The van der Waals surface area contributed by atoms with Gasteiger partial charge in [-0.25, -0.2) is 9.18 Å². The van der Waals surface area contributed by atoms with Crippen LogP contribution in [0.3, 0.4) is 0 Å². The van der Waals surface area contributed by atoms with Crippen LogP contribution in [0.1, 0.15) is 12.5 Å². The van der Waals surface area contributed by atoms with Gasteiger partial charge in [-0.2, -0.15) is 0 Å². The van der Waals surface area contributed by atoms with Gasteiger partial charge in [-0.1, -0.05) is 12.1 Å². The quantitative estimate of drug-likeness (QED) is 0.437. The largest absolute Gasteiger partial charge is 0.450 e. The highest BCUT2D eigenvalue weighted by molar-refractivity contribution is 14.0. The molecule has 1 aromatic carbocycles. The number of benzene rings is 1. The van der Waals surface area contributed by atoms with Crippen LogP contribution in [0.15, 0.2) is 29.3 Å². The number of ether oxygens (including phenoxy) is 1. The lowest BCUT2D eigenvalue weighted by Gasteiger charge is -2.35. The van der Waals surface area contributed by atoms with Crippen molar-refractivity contribution in [1.29, 1.82) is 0 Å². The molecule has 0 aromatic heterocycles. The first kappa shape index (κ1) is 20.5. The first-order valence-electron chi connectivity index (χ1n) is 7.75. The molecule has 0 unspecified atom stereocenters. The Morgan fingerprint density at radius 1 is 1.21 bits per heavy atom. The van der Waals surface area contributed by atoms with Crippen LogP contribution in [0.4, 0.5) is 9.18 Å². The van der Waals surface area contributed by atoms with Crippen LogP contribution in [0.25, 0.3) is 0 Å². The molecule has 1 aliphatic rings. The predicted molar refractivity (Wildman–Crippen MR) is 102 cm³/mol. The van der Waals surface area contributed by atoms with Crippen LogP contribution in [-0.2, 0) is 11.3 Å². The molecular formula is C16H24FIN4O2. The topological polar surface area (TPSA) is 57.2 Å². The number of hydrogen-bond acceptors (Lipinski definition) is 3. The van der Waals surface area contributed by atoms with E-state index < -0.39 is 0 Å². The molecule has 134 valence electrons. The molecule has 1 amide bonds. The molecule has 1 heterocycles. The summed E-state index contributed by atoms with van der Waals surface area (Å²) >= 11 is 0. The van der Waals surface area contributed by atoms with Crippen molar-refractivity contribution in [2.45, 2.75) is 13.5 Å². The zero-order valence-corrected chi connectivity index (χ0v) is 16.3. The van der Waals surface area contributed by atoms with E-state index in [1.807, 2.05) is 0 Å². The summed E-state index contributed by atoms with van der Waals surface area (Å²) in [4.78, 5) is 19.8. The number of nitrogens with one attached hydrogen (secondary N) is 1. The van der Waals surface area contributed by atoms with Crippen molar-refractivity contribution >= 4 is 36.0 Å². The summed E-state index contributed by atoms with van der Waals surface area (Å²) in [6, 6.07) is 6.37. The van der Waals surface area contributed by atoms with E-state index in [1.165, 1.54) is 12.1 Å². The second-order valence-electron chi connectivity index (χ2n) is 5.20. The third kappa shape index (κ3) is 5.81. The summed E-state index contributed by atoms with van der Waals surface area (Å²) in [5.74, 6) is 0.533. The Morgan fingerprint density at radius 2 is 1.79 bits per heavy atom. The molecule has 1 aromatic rings. The summed E-state index contributed by atoms with van der Waals surface area (Å²) in [5.41, 5.74) is 0.984. The molecule has 1 N–H and O–H groups in total. The molecule has 1 saturated heterocycles. The predicted octanol–water partition coefficient (Wildman–Crippen LogP) is 2.29. The Labute approximate surface area is 159 Å². The zero-order valence-electron chi connectivity index (χ0n) is 14.0. The number of aliphatic imine (C=N–C) groups is 1. The van der Waals surface area contributed by atoms with Crippen molar-refractivity contribution in [2.75, 3.05) is 39.8 Å². The molecule has 0 atom stereocenters. The number of piperazine rings is 1. The minimum atomic E-state index is -0.263. The normalized spacial score (nSPS) is 14.9. The van der Waals surface area contributed by atoms with Crippen LogP contribution in [-0.4, -0.2) is 61.7 Å². The average Bonchev–Trinajstić information content (AvgIpc) is 2.58. The number of carbonyl (C=O) groups is 1. The first-order chi connectivity index (χ1) is 11.1. The lowest BCUT2D eigenvalue weighted by atomic mass is 10.2. The van der Waals surface area contributed by atoms with Crippen molar-refractivity contribution < 1.29 is 13.9 Å². The van der Waals surface area contributed by atoms with Gasteiger partial charge in [0.2, 0.25) is 0 Å². The lowest BCUT2D eigenvalue weighted by Crippen LogP contribution is -2.53. The van der Waals surface area contributed by atoms with E-state index in [-0.39, 0.29) is 35.9 Å². The van der Waals surface area contributed by atoms with Crippen LogP contribution in [0, 0.1) is 5.82 Å².